The second kappa shape index (κ2) is 7.41. The van der Waals surface area contributed by atoms with Crippen molar-refractivity contribution < 1.29 is 4.79 Å². The van der Waals surface area contributed by atoms with Crippen LogP contribution in [0.1, 0.15) is 21.9 Å². The fraction of sp³-hybridized carbons (Fsp3) is 0.167. The minimum Gasteiger partial charge on any atom is -0.352 e. The van der Waals surface area contributed by atoms with Gasteiger partial charge in [0.25, 0.3) is 5.91 Å². The molecule has 0 atom stereocenters. The van der Waals surface area contributed by atoms with Gasteiger partial charge in [-0.25, -0.2) is 9.97 Å². The molecule has 0 fully saturated rings. The predicted octanol–water partition coefficient (Wildman–Crippen LogP) is 2.21. The van der Waals surface area contributed by atoms with Gasteiger partial charge in [-0.1, -0.05) is 6.07 Å². The average molecular weight is 319 g/mol. The molecule has 3 aromatic rings. The summed E-state index contributed by atoms with van der Waals surface area (Å²) in [5, 5.41) is 2.90. The summed E-state index contributed by atoms with van der Waals surface area (Å²) in [6.07, 6.45) is 7.32. The number of hydrogen-bond donors (Lipinski definition) is 1. The molecule has 120 valence electrons. The Morgan fingerprint density at radius 2 is 1.92 bits per heavy atom. The van der Waals surface area contributed by atoms with Crippen LogP contribution >= 0.6 is 0 Å². The first kappa shape index (κ1) is 15.7. The summed E-state index contributed by atoms with van der Waals surface area (Å²) >= 11 is 0. The topological polar surface area (TPSA) is 80.7 Å². The Morgan fingerprint density at radius 1 is 1.08 bits per heavy atom. The van der Waals surface area contributed by atoms with Gasteiger partial charge in [0.15, 0.2) is 0 Å². The Morgan fingerprint density at radius 3 is 2.67 bits per heavy atom. The first-order valence-corrected chi connectivity index (χ1v) is 7.66. The van der Waals surface area contributed by atoms with Crippen LogP contribution in [-0.2, 0) is 6.42 Å². The van der Waals surface area contributed by atoms with Gasteiger partial charge in [-0.3, -0.25) is 14.8 Å². The maximum Gasteiger partial charge on any atom is 0.251 e. The predicted molar refractivity (Wildman–Crippen MR) is 90.3 cm³/mol. The van der Waals surface area contributed by atoms with E-state index in [0.29, 0.717) is 24.4 Å². The number of carbonyl (C=O) groups excluding carboxylic acids is 1. The number of aryl methyl sites for hydroxylation is 1. The summed E-state index contributed by atoms with van der Waals surface area (Å²) < 4.78 is 0. The van der Waals surface area contributed by atoms with E-state index in [1.165, 1.54) is 0 Å². The standard InChI is InChI=1S/C18H17N5O/c1-13-22-12-15(16-4-2-3-8-20-16)17(23-13)7-11-21-18(24)14-5-9-19-10-6-14/h2-6,8-10,12H,7,11H2,1H3,(H,21,24). The van der Waals surface area contributed by atoms with E-state index in [1.54, 1.807) is 36.9 Å². The van der Waals surface area contributed by atoms with Crippen LogP contribution in [0.2, 0.25) is 0 Å². The second-order valence-corrected chi connectivity index (χ2v) is 5.23. The van der Waals surface area contributed by atoms with Crippen LogP contribution in [-0.4, -0.2) is 32.4 Å². The van der Waals surface area contributed by atoms with Crippen molar-refractivity contribution in [3.05, 3.63) is 72.2 Å². The van der Waals surface area contributed by atoms with Gasteiger partial charge < -0.3 is 5.32 Å². The van der Waals surface area contributed by atoms with E-state index in [2.05, 4.69) is 25.3 Å². The van der Waals surface area contributed by atoms with E-state index < -0.39 is 0 Å². The number of nitrogens with one attached hydrogen (secondary N) is 1. The number of aromatic nitrogens is 4. The van der Waals surface area contributed by atoms with Crippen molar-refractivity contribution in [3.63, 3.8) is 0 Å². The zero-order chi connectivity index (χ0) is 16.8. The number of rotatable bonds is 5. The zero-order valence-electron chi connectivity index (χ0n) is 13.3. The van der Waals surface area contributed by atoms with Gasteiger partial charge in [-0.05, 0) is 31.2 Å². The van der Waals surface area contributed by atoms with E-state index in [-0.39, 0.29) is 5.91 Å². The molecule has 24 heavy (non-hydrogen) atoms. The quantitative estimate of drug-likeness (QED) is 0.780. The molecule has 0 bridgehead atoms. The molecule has 3 heterocycles. The third kappa shape index (κ3) is 3.78. The number of nitrogens with zero attached hydrogens (tertiary/aromatic N) is 4. The van der Waals surface area contributed by atoms with Crippen LogP contribution in [0.3, 0.4) is 0 Å². The number of hydrogen-bond acceptors (Lipinski definition) is 5. The third-order valence-electron chi connectivity index (χ3n) is 3.52. The van der Waals surface area contributed by atoms with Crippen LogP contribution in [0.15, 0.2) is 55.1 Å². The highest BCUT2D eigenvalue weighted by molar-refractivity contribution is 5.93. The lowest BCUT2D eigenvalue weighted by molar-refractivity contribution is 0.0954. The summed E-state index contributed by atoms with van der Waals surface area (Å²) in [5.41, 5.74) is 3.18. The van der Waals surface area contributed by atoms with Crippen molar-refractivity contribution in [2.45, 2.75) is 13.3 Å². The van der Waals surface area contributed by atoms with Gasteiger partial charge in [-0.15, -0.1) is 0 Å². The van der Waals surface area contributed by atoms with E-state index in [1.807, 2.05) is 25.1 Å². The van der Waals surface area contributed by atoms with Gasteiger partial charge in [0.1, 0.15) is 5.82 Å². The van der Waals surface area contributed by atoms with Gasteiger partial charge >= 0.3 is 0 Å². The molecule has 0 radical (unpaired) electrons. The summed E-state index contributed by atoms with van der Waals surface area (Å²) in [6, 6.07) is 9.09. The molecular weight excluding hydrogens is 302 g/mol. The molecule has 3 rings (SSSR count). The lowest BCUT2D eigenvalue weighted by Gasteiger charge is -2.09. The normalized spacial score (nSPS) is 10.4. The Kier molecular flexibility index (Phi) is 4.86. The van der Waals surface area contributed by atoms with Crippen molar-refractivity contribution >= 4 is 5.91 Å². The van der Waals surface area contributed by atoms with Crippen molar-refractivity contribution in [2.24, 2.45) is 0 Å². The highest BCUT2D eigenvalue weighted by atomic mass is 16.1. The Labute approximate surface area is 140 Å². The summed E-state index contributed by atoms with van der Waals surface area (Å²) in [7, 11) is 0. The van der Waals surface area contributed by atoms with E-state index in [9.17, 15) is 4.79 Å². The lowest BCUT2D eigenvalue weighted by atomic mass is 10.1. The second-order valence-electron chi connectivity index (χ2n) is 5.23. The Hall–Kier alpha value is -3.15. The molecule has 3 aromatic heterocycles. The van der Waals surface area contributed by atoms with Crippen molar-refractivity contribution in [2.75, 3.05) is 6.54 Å². The smallest absolute Gasteiger partial charge is 0.251 e. The maximum atomic E-state index is 12.1. The zero-order valence-corrected chi connectivity index (χ0v) is 13.3. The minimum atomic E-state index is -0.123. The van der Waals surface area contributed by atoms with Crippen LogP contribution in [0.5, 0.6) is 0 Å². The first-order valence-electron chi connectivity index (χ1n) is 7.66. The molecule has 0 aliphatic heterocycles. The molecule has 0 unspecified atom stereocenters. The summed E-state index contributed by atoms with van der Waals surface area (Å²) in [6.45, 7) is 2.33. The summed E-state index contributed by atoms with van der Waals surface area (Å²) in [4.78, 5) is 29.1. The fourth-order valence-electron chi connectivity index (χ4n) is 2.34. The Bertz CT molecular complexity index is 821. The van der Waals surface area contributed by atoms with Crippen LogP contribution in [0, 0.1) is 6.92 Å². The molecule has 0 saturated heterocycles. The molecule has 0 spiro atoms. The van der Waals surface area contributed by atoms with Crippen molar-refractivity contribution in [3.8, 4) is 11.3 Å². The Balaban J connectivity index is 1.71. The van der Waals surface area contributed by atoms with Crippen LogP contribution < -0.4 is 5.32 Å². The molecule has 6 nitrogen and oxygen atoms in total. The van der Waals surface area contributed by atoms with Crippen LogP contribution in [0.25, 0.3) is 11.3 Å². The highest BCUT2D eigenvalue weighted by Gasteiger charge is 2.10. The monoisotopic (exact) mass is 319 g/mol. The molecule has 1 N–H and O–H groups in total. The molecule has 0 aliphatic rings. The molecular formula is C18H17N5O. The lowest BCUT2D eigenvalue weighted by Crippen LogP contribution is -2.26. The number of pyridine rings is 2. The van der Waals surface area contributed by atoms with E-state index >= 15 is 0 Å². The first-order chi connectivity index (χ1) is 11.7. The molecule has 1 amide bonds. The maximum absolute atomic E-state index is 12.1. The van der Waals surface area contributed by atoms with E-state index in [4.69, 9.17) is 0 Å². The molecule has 0 aromatic carbocycles. The van der Waals surface area contributed by atoms with Gasteiger partial charge in [0.05, 0.1) is 11.4 Å². The van der Waals surface area contributed by atoms with Gasteiger partial charge in [0.2, 0.25) is 0 Å². The molecule has 0 saturated carbocycles. The van der Waals surface area contributed by atoms with Crippen LogP contribution in [0.4, 0.5) is 0 Å². The summed E-state index contributed by atoms with van der Waals surface area (Å²) in [5.74, 6) is 0.577. The number of amides is 1. The number of carbonyl (C=O) groups is 1. The van der Waals surface area contributed by atoms with Crippen molar-refractivity contribution in [1.82, 2.24) is 25.3 Å². The van der Waals surface area contributed by atoms with E-state index in [0.717, 1.165) is 17.0 Å². The van der Waals surface area contributed by atoms with Gasteiger partial charge in [0, 0.05) is 48.9 Å². The molecule has 0 aliphatic carbocycles. The average Bonchev–Trinajstić information content (AvgIpc) is 2.63. The largest absolute Gasteiger partial charge is 0.352 e. The van der Waals surface area contributed by atoms with Crippen molar-refractivity contribution in [1.29, 1.82) is 0 Å². The third-order valence-corrected chi connectivity index (χ3v) is 3.52. The highest BCUT2D eigenvalue weighted by Crippen LogP contribution is 2.19. The van der Waals surface area contributed by atoms with Gasteiger partial charge in [-0.2, -0.15) is 0 Å². The SMILES string of the molecule is Cc1ncc(-c2ccccn2)c(CCNC(=O)c2ccncc2)n1. The fourth-order valence-corrected chi connectivity index (χ4v) is 2.34. The molecule has 6 heteroatoms. The minimum absolute atomic E-state index is 0.123.